The van der Waals surface area contributed by atoms with E-state index in [0.29, 0.717) is 6.54 Å². The van der Waals surface area contributed by atoms with Crippen LogP contribution in [-0.2, 0) is 10.0 Å². The summed E-state index contributed by atoms with van der Waals surface area (Å²) in [4.78, 5) is 10.9. The van der Waals surface area contributed by atoms with E-state index in [1.54, 1.807) is 13.8 Å². The molecular weight excluding hydrogens is 314 g/mol. The number of nitrogens with zero attached hydrogens (tertiary/aromatic N) is 1. The molecule has 0 aliphatic heterocycles. The van der Waals surface area contributed by atoms with E-state index >= 15 is 0 Å². The Morgan fingerprint density at radius 1 is 1.29 bits per heavy atom. The molecule has 0 atom stereocenters. The fourth-order valence-electron chi connectivity index (χ4n) is 1.91. The predicted molar refractivity (Wildman–Crippen MR) is 82.3 cm³/mol. The molecule has 5 nitrogen and oxygen atoms in total. The van der Waals surface area contributed by atoms with Gasteiger partial charge in [-0.2, -0.15) is 4.31 Å². The Kier molecular flexibility index (Phi) is 5.78. The molecule has 1 aromatic rings. The predicted octanol–water partition coefficient (Wildman–Crippen LogP) is 3.09. The maximum absolute atomic E-state index is 12.8. The zero-order valence-corrected chi connectivity index (χ0v) is 14.1. The number of sulfonamides is 1. The molecule has 0 aliphatic carbocycles. The Bertz CT molecular complexity index is 626. The lowest BCUT2D eigenvalue weighted by Crippen LogP contribution is -2.39. The summed E-state index contributed by atoms with van der Waals surface area (Å²) in [7, 11) is -3.84. The molecule has 0 heterocycles. The van der Waals surface area contributed by atoms with Crippen molar-refractivity contribution < 1.29 is 18.3 Å². The van der Waals surface area contributed by atoms with E-state index in [2.05, 4.69) is 0 Å². The first kappa shape index (κ1) is 17.9. The number of carbonyl (C=O) groups is 1. The molecule has 1 rings (SSSR count). The third-order valence-electron chi connectivity index (χ3n) is 2.89. The summed E-state index contributed by atoms with van der Waals surface area (Å²) in [6.45, 7) is 7.72. The van der Waals surface area contributed by atoms with Crippen molar-refractivity contribution in [1.29, 1.82) is 0 Å². The monoisotopic (exact) mass is 333 g/mol. The van der Waals surface area contributed by atoms with Crippen LogP contribution in [0.5, 0.6) is 0 Å². The molecule has 0 bridgehead atoms. The summed E-state index contributed by atoms with van der Waals surface area (Å²) in [5, 5.41) is 9.03. The van der Waals surface area contributed by atoms with Crippen molar-refractivity contribution >= 4 is 27.6 Å². The van der Waals surface area contributed by atoms with Gasteiger partial charge in [-0.05, 0) is 38.0 Å². The van der Waals surface area contributed by atoms with Gasteiger partial charge in [-0.15, -0.1) is 0 Å². The highest BCUT2D eigenvalue weighted by Gasteiger charge is 2.30. The van der Waals surface area contributed by atoms with Crippen LogP contribution < -0.4 is 0 Å². The summed E-state index contributed by atoms with van der Waals surface area (Å²) in [6, 6.07) is 3.44. The van der Waals surface area contributed by atoms with Crippen LogP contribution in [0, 0.1) is 5.92 Å². The van der Waals surface area contributed by atoms with Crippen LogP contribution in [0.4, 0.5) is 0 Å². The number of halogens is 1. The zero-order chi connectivity index (χ0) is 16.4. The first-order valence-electron chi connectivity index (χ1n) is 6.62. The van der Waals surface area contributed by atoms with Crippen molar-refractivity contribution in [3.8, 4) is 0 Å². The second-order valence-corrected chi connectivity index (χ2v) is 7.78. The lowest BCUT2D eigenvalue weighted by atomic mass is 10.2. The standard InChI is InChI=1S/C14H20ClNO4S/c1-9(2)8-16(10(3)4)21(19,20)13-7-11(14(17)18)5-6-12(13)15/h5-7,9-10H,8H2,1-4H3,(H,17,18). The Hall–Kier alpha value is -1.11. The summed E-state index contributed by atoms with van der Waals surface area (Å²) >= 11 is 5.97. The van der Waals surface area contributed by atoms with Crippen LogP contribution in [0.15, 0.2) is 23.1 Å². The van der Waals surface area contributed by atoms with Gasteiger partial charge in [-0.3, -0.25) is 0 Å². The molecular formula is C14H20ClNO4S. The van der Waals surface area contributed by atoms with Gasteiger partial charge in [-0.1, -0.05) is 25.4 Å². The third-order valence-corrected chi connectivity index (χ3v) is 5.41. The zero-order valence-electron chi connectivity index (χ0n) is 12.5. The van der Waals surface area contributed by atoms with Gasteiger partial charge in [0.05, 0.1) is 10.6 Å². The molecule has 21 heavy (non-hydrogen) atoms. The van der Waals surface area contributed by atoms with Crippen LogP contribution in [0.2, 0.25) is 5.02 Å². The fourth-order valence-corrected chi connectivity index (χ4v) is 4.21. The van der Waals surface area contributed by atoms with E-state index in [9.17, 15) is 13.2 Å². The molecule has 118 valence electrons. The van der Waals surface area contributed by atoms with Gasteiger partial charge < -0.3 is 5.11 Å². The van der Waals surface area contributed by atoms with E-state index in [1.165, 1.54) is 16.4 Å². The first-order chi connectivity index (χ1) is 9.57. The van der Waals surface area contributed by atoms with Gasteiger partial charge >= 0.3 is 5.97 Å². The number of benzene rings is 1. The fraction of sp³-hybridized carbons (Fsp3) is 0.500. The minimum absolute atomic E-state index is 0.0226. The highest BCUT2D eigenvalue weighted by atomic mass is 35.5. The quantitative estimate of drug-likeness (QED) is 0.868. The van der Waals surface area contributed by atoms with E-state index in [1.807, 2.05) is 13.8 Å². The maximum Gasteiger partial charge on any atom is 0.335 e. The molecule has 0 aliphatic rings. The topological polar surface area (TPSA) is 74.7 Å². The molecule has 0 spiro atoms. The SMILES string of the molecule is CC(C)CN(C(C)C)S(=O)(=O)c1cc(C(=O)O)ccc1Cl. The molecule has 0 amide bonds. The molecule has 0 radical (unpaired) electrons. The van der Waals surface area contributed by atoms with Gasteiger partial charge in [0.25, 0.3) is 0 Å². The van der Waals surface area contributed by atoms with Gasteiger partial charge in [0.2, 0.25) is 10.0 Å². The second-order valence-electron chi connectivity index (χ2n) is 5.51. The van der Waals surface area contributed by atoms with Crippen molar-refractivity contribution in [1.82, 2.24) is 4.31 Å². The minimum Gasteiger partial charge on any atom is -0.478 e. The number of hydrogen-bond acceptors (Lipinski definition) is 3. The van der Waals surface area contributed by atoms with Crippen LogP contribution in [-0.4, -0.2) is 36.4 Å². The molecule has 1 aromatic carbocycles. The van der Waals surface area contributed by atoms with Crippen LogP contribution in [0.3, 0.4) is 0 Å². The van der Waals surface area contributed by atoms with E-state index in [4.69, 9.17) is 16.7 Å². The molecule has 0 fully saturated rings. The van der Waals surface area contributed by atoms with Crippen molar-refractivity contribution in [2.75, 3.05) is 6.54 Å². The second kappa shape index (κ2) is 6.77. The molecule has 0 unspecified atom stereocenters. The minimum atomic E-state index is -3.84. The van der Waals surface area contributed by atoms with Crippen LogP contribution in [0.1, 0.15) is 38.1 Å². The summed E-state index contributed by atoms with van der Waals surface area (Å²) in [5.41, 5.74) is -0.105. The molecule has 0 saturated carbocycles. The van der Waals surface area contributed by atoms with Crippen molar-refractivity contribution in [2.24, 2.45) is 5.92 Å². The average molecular weight is 334 g/mol. The summed E-state index contributed by atoms with van der Waals surface area (Å²) in [5.74, 6) is -1.05. The number of carboxylic acids is 1. The van der Waals surface area contributed by atoms with Crippen LogP contribution in [0.25, 0.3) is 0 Å². The summed E-state index contributed by atoms with van der Waals surface area (Å²) < 4.78 is 26.8. The molecule has 0 saturated heterocycles. The lowest BCUT2D eigenvalue weighted by molar-refractivity contribution is 0.0696. The Morgan fingerprint density at radius 3 is 2.29 bits per heavy atom. The number of aromatic carboxylic acids is 1. The van der Waals surface area contributed by atoms with Gasteiger partial charge in [0.15, 0.2) is 0 Å². The first-order valence-corrected chi connectivity index (χ1v) is 8.43. The maximum atomic E-state index is 12.8. The van der Waals surface area contributed by atoms with E-state index < -0.39 is 16.0 Å². The third kappa shape index (κ3) is 4.18. The van der Waals surface area contributed by atoms with E-state index in [-0.39, 0.29) is 27.4 Å². The van der Waals surface area contributed by atoms with Crippen molar-refractivity contribution in [3.05, 3.63) is 28.8 Å². The number of carboxylic acid groups (broad SMARTS) is 1. The smallest absolute Gasteiger partial charge is 0.335 e. The number of hydrogen-bond donors (Lipinski definition) is 1. The van der Waals surface area contributed by atoms with Crippen molar-refractivity contribution in [2.45, 2.75) is 38.6 Å². The highest BCUT2D eigenvalue weighted by Crippen LogP contribution is 2.27. The molecule has 1 N–H and O–H groups in total. The Labute approximate surface area is 130 Å². The molecule has 7 heteroatoms. The molecule has 0 aromatic heterocycles. The normalized spacial score (nSPS) is 12.4. The lowest BCUT2D eigenvalue weighted by Gasteiger charge is -2.28. The summed E-state index contributed by atoms with van der Waals surface area (Å²) in [6.07, 6.45) is 0. The highest BCUT2D eigenvalue weighted by molar-refractivity contribution is 7.89. The van der Waals surface area contributed by atoms with Gasteiger partial charge in [-0.25, -0.2) is 13.2 Å². The number of rotatable bonds is 6. The Morgan fingerprint density at radius 2 is 1.86 bits per heavy atom. The van der Waals surface area contributed by atoms with E-state index in [0.717, 1.165) is 6.07 Å². The van der Waals surface area contributed by atoms with Crippen molar-refractivity contribution in [3.63, 3.8) is 0 Å². The van der Waals surface area contributed by atoms with Gasteiger partial charge in [0.1, 0.15) is 4.90 Å². The van der Waals surface area contributed by atoms with Crippen LogP contribution >= 0.6 is 11.6 Å². The van der Waals surface area contributed by atoms with Gasteiger partial charge in [0, 0.05) is 12.6 Å². The average Bonchev–Trinajstić information content (AvgIpc) is 2.35. The largest absolute Gasteiger partial charge is 0.478 e. The Balaban J connectivity index is 3.40.